The van der Waals surface area contributed by atoms with Gasteiger partial charge in [-0.1, -0.05) is 0 Å². The minimum atomic E-state index is -1.14. The Bertz CT molecular complexity index is 334. The number of rotatable bonds is 2. The zero-order chi connectivity index (χ0) is 10.9. The molecular weight excluding hydrogens is 178 g/mol. The van der Waals surface area contributed by atoms with Gasteiger partial charge in [-0.2, -0.15) is 0 Å². The normalized spacial score (nSPS) is 17.5. The van der Waals surface area contributed by atoms with E-state index in [0.29, 0.717) is 11.4 Å². The molecule has 0 saturated carbocycles. The first-order valence-electron chi connectivity index (χ1n) is 4.56. The number of nitrogens with two attached hydrogens (primary N) is 2. The summed E-state index contributed by atoms with van der Waals surface area (Å²) in [7, 11) is 0. The predicted molar refractivity (Wildman–Crippen MR) is 56.6 cm³/mol. The summed E-state index contributed by atoms with van der Waals surface area (Å²) < 4.78 is 0. The van der Waals surface area contributed by atoms with Gasteiger partial charge in [-0.3, -0.25) is 0 Å². The number of nitrogens with zero attached hydrogens (tertiary/aromatic N) is 1. The molecule has 0 fully saturated rings. The summed E-state index contributed by atoms with van der Waals surface area (Å²) in [4.78, 5) is 3.99. The van der Waals surface area contributed by atoms with E-state index in [1.165, 1.54) is 0 Å². The number of pyridine rings is 1. The van der Waals surface area contributed by atoms with Crippen molar-refractivity contribution in [1.29, 1.82) is 0 Å². The highest BCUT2D eigenvalue weighted by Gasteiger charge is 2.30. The van der Waals surface area contributed by atoms with Gasteiger partial charge in [0.15, 0.2) is 0 Å². The highest BCUT2D eigenvalue weighted by molar-refractivity contribution is 5.45. The van der Waals surface area contributed by atoms with Crippen LogP contribution in [0.4, 0.5) is 5.82 Å². The third kappa shape index (κ3) is 1.86. The second kappa shape index (κ2) is 3.55. The molecule has 1 rings (SSSR count). The maximum absolute atomic E-state index is 10.1. The van der Waals surface area contributed by atoms with Gasteiger partial charge in [0, 0.05) is 17.8 Å². The van der Waals surface area contributed by atoms with E-state index >= 15 is 0 Å². The number of aliphatic hydroxyl groups is 1. The summed E-state index contributed by atoms with van der Waals surface area (Å²) >= 11 is 0. The molecular formula is C10H17N3O. The fourth-order valence-corrected chi connectivity index (χ4v) is 1.23. The Labute approximate surface area is 83.9 Å². The van der Waals surface area contributed by atoms with Gasteiger partial charge in [0.1, 0.15) is 11.4 Å². The number of hydrogen-bond acceptors (Lipinski definition) is 4. The largest absolute Gasteiger partial charge is 0.384 e. The summed E-state index contributed by atoms with van der Waals surface area (Å²) in [6, 6.07) is 1.42. The number of aryl methyl sites for hydroxylation is 1. The van der Waals surface area contributed by atoms with Crippen molar-refractivity contribution in [3.8, 4) is 0 Å². The van der Waals surface area contributed by atoms with Gasteiger partial charge in [0.05, 0.1) is 0 Å². The van der Waals surface area contributed by atoms with Crippen LogP contribution in [0.15, 0.2) is 12.3 Å². The van der Waals surface area contributed by atoms with Crippen molar-refractivity contribution in [2.75, 3.05) is 5.73 Å². The van der Waals surface area contributed by atoms with E-state index in [9.17, 15) is 5.11 Å². The number of aromatic nitrogens is 1. The Morgan fingerprint density at radius 3 is 2.64 bits per heavy atom. The number of nitrogen functional groups attached to an aromatic ring is 1. The zero-order valence-corrected chi connectivity index (χ0v) is 8.78. The van der Waals surface area contributed by atoms with Crippen molar-refractivity contribution in [3.63, 3.8) is 0 Å². The van der Waals surface area contributed by atoms with E-state index in [4.69, 9.17) is 11.5 Å². The lowest BCUT2D eigenvalue weighted by molar-refractivity contribution is 0.0353. The molecule has 0 aliphatic rings. The summed E-state index contributed by atoms with van der Waals surface area (Å²) in [6.45, 7) is 5.28. The Kier molecular flexibility index (Phi) is 2.78. The molecule has 4 nitrogen and oxygen atoms in total. The molecule has 4 heteroatoms. The molecule has 1 aromatic rings. The molecule has 0 bridgehead atoms. The van der Waals surface area contributed by atoms with E-state index in [1.807, 2.05) is 13.0 Å². The van der Waals surface area contributed by atoms with E-state index < -0.39 is 11.6 Å². The van der Waals surface area contributed by atoms with Gasteiger partial charge in [-0.05, 0) is 32.4 Å². The van der Waals surface area contributed by atoms with Gasteiger partial charge < -0.3 is 16.6 Å². The molecule has 78 valence electrons. The Balaban J connectivity index is 3.24. The van der Waals surface area contributed by atoms with E-state index in [0.717, 1.165) is 5.56 Å². The van der Waals surface area contributed by atoms with Crippen LogP contribution in [0.5, 0.6) is 0 Å². The van der Waals surface area contributed by atoms with Crippen LogP contribution in [0.25, 0.3) is 0 Å². The van der Waals surface area contributed by atoms with Crippen molar-refractivity contribution in [2.24, 2.45) is 5.73 Å². The van der Waals surface area contributed by atoms with E-state index in [-0.39, 0.29) is 0 Å². The Morgan fingerprint density at radius 1 is 1.57 bits per heavy atom. The highest BCUT2D eigenvalue weighted by atomic mass is 16.3. The van der Waals surface area contributed by atoms with Crippen molar-refractivity contribution in [3.05, 3.63) is 23.4 Å². The van der Waals surface area contributed by atoms with Crippen molar-refractivity contribution >= 4 is 5.82 Å². The lowest BCUT2D eigenvalue weighted by Gasteiger charge is -2.28. The topological polar surface area (TPSA) is 85.2 Å². The van der Waals surface area contributed by atoms with Gasteiger partial charge in [-0.25, -0.2) is 4.98 Å². The average Bonchev–Trinajstić information content (AvgIpc) is 2.08. The van der Waals surface area contributed by atoms with Crippen molar-refractivity contribution in [2.45, 2.75) is 32.4 Å². The SMILES string of the molecule is Cc1cnc(N)c(C(C)(O)C(C)N)c1. The summed E-state index contributed by atoms with van der Waals surface area (Å²) in [5, 5.41) is 10.1. The predicted octanol–water partition coefficient (Wildman–Crippen LogP) is 0.527. The van der Waals surface area contributed by atoms with Crippen LogP contribution in [0.2, 0.25) is 0 Å². The molecule has 0 aliphatic heterocycles. The molecule has 2 atom stereocenters. The Morgan fingerprint density at radius 2 is 2.14 bits per heavy atom. The summed E-state index contributed by atoms with van der Waals surface area (Å²) in [5.74, 6) is 0.331. The molecule has 0 spiro atoms. The van der Waals surface area contributed by atoms with Gasteiger partial charge in [-0.15, -0.1) is 0 Å². The fraction of sp³-hybridized carbons (Fsp3) is 0.500. The van der Waals surface area contributed by atoms with Gasteiger partial charge in [0.2, 0.25) is 0 Å². The van der Waals surface area contributed by atoms with Crippen LogP contribution in [0, 0.1) is 6.92 Å². The smallest absolute Gasteiger partial charge is 0.129 e. The second-order valence-electron chi connectivity index (χ2n) is 3.88. The lowest BCUT2D eigenvalue weighted by Crippen LogP contribution is -2.41. The first-order valence-corrected chi connectivity index (χ1v) is 4.56. The molecule has 2 unspecified atom stereocenters. The molecule has 0 saturated heterocycles. The molecule has 5 N–H and O–H groups in total. The van der Waals surface area contributed by atoms with Crippen LogP contribution in [-0.2, 0) is 5.60 Å². The van der Waals surface area contributed by atoms with E-state index in [1.54, 1.807) is 20.0 Å². The molecule has 0 amide bonds. The third-order valence-electron chi connectivity index (χ3n) is 2.49. The minimum absolute atomic E-state index is 0.331. The zero-order valence-electron chi connectivity index (χ0n) is 8.78. The molecule has 0 aliphatic carbocycles. The Hall–Kier alpha value is -1.13. The number of anilines is 1. The van der Waals surface area contributed by atoms with Crippen molar-refractivity contribution < 1.29 is 5.11 Å². The molecule has 1 heterocycles. The first-order chi connectivity index (χ1) is 6.35. The quantitative estimate of drug-likeness (QED) is 0.642. The van der Waals surface area contributed by atoms with Crippen molar-refractivity contribution in [1.82, 2.24) is 4.98 Å². The van der Waals surface area contributed by atoms with Crippen LogP contribution in [0.3, 0.4) is 0 Å². The van der Waals surface area contributed by atoms with Crippen LogP contribution < -0.4 is 11.5 Å². The molecule has 0 radical (unpaired) electrons. The number of hydrogen-bond donors (Lipinski definition) is 3. The van der Waals surface area contributed by atoms with Crippen LogP contribution >= 0.6 is 0 Å². The summed E-state index contributed by atoms with van der Waals surface area (Å²) in [6.07, 6.45) is 1.66. The van der Waals surface area contributed by atoms with Crippen LogP contribution in [-0.4, -0.2) is 16.1 Å². The van der Waals surface area contributed by atoms with Gasteiger partial charge >= 0.3 is 0 Å². The maximum Gasteiger partial charge on any atom is 0.129 e. The van der Waals surface area contributed by atoms with Gasteiger partial charge in [0.25, 0.3) is 0 Å². The van der Waals surface area contributed by atoms with E-state index in [2.05, 4.69) is 4.98 Å². The first kappa shape index (κ1) is 10.9. The molecule has 0 aromatic carbocycles. The maximum atomic E-state index is 10.1. The standard InChI is InChI=1S/C10H17N3O/c1-6-4-8(9(12)13-5-6)10(3,14)7(2)11/h4-5,7,14H,11H2,1-3H3,(H2,12,13). The monoisotopic (exact) mass is 195 g/mol. The lowest BCUT2D eigenvalue weighted by atomic mass is 9.89. The highest BCUT2D eigenvalue weighted by Crippen LogP contribution is 2.27. The molecule has 1 aromatic heterocycles. The summed E-state index contributed by atoms with van der Waals surface area (Å²) in [5.41, 5.74) is 11.8. The van der Waals surface area contributed by atoms with Crippen LogP contribution in [0.1, 0.15) is 25.0 Å². The fourth-order valence-electron chi connectivity index (χ4n) is 1.23. The molecule has 14 heavy (non-hydrogen) atoms. The average molecular weight is 195 g/mol. The third-order valence-corrected chi connectivity index (χ3v) is 2.49. The second-order valence-corrected chi connectivity index (χ2v) is 3.88. The minimum Gasteiger partial charge on any atom is -0.384 e.